The summed E-state index contributed by atoms with van der Waals surface area (Å²) in [5, 5.41) is 17.6. The fourth-order valence-corrected chi connectivity index (χ4v) is 3.16. The Morgan fingerprint density at radius 2 is 1.96 bits per heavy atom. The van der Waals surface area contributed by atoms with Crippen LogP contribution >= 0.6 is 0 Å². The van der Waals surface area contributed by atoms with Crippen molar-refractivity contribution in [3.63, 3.8) is 0 Å². The molecule has 1 amide bonds. The highest BCUT2D eigenvalue weighted by Crippen LogP contribution is 2.24. The Labute approximate surface area is 157 Å². The molecule has 0 atom stereocenters. The third-order valence-electron chi connectivity index (χ3n) is 4.50. The van der Waals surface area contributed by atoms with Crippen molar-refractivity contribution in [1.82, 2.24) is 14.7 Å². The van der Waals surface area contributed by atoms with Crippen molar-refractivity contribution in [3.05, 3.63) is 46.1 Å². The van der Waals surface area contributed by atoms with Gasteiger partial charge in [0.1, 0.15) is 12.7 Å². The van der Waals surface area contributed by atoms with Gasteiger partial charge in [-0.15, -0.1) is 5.10 Å². The SMILES string of the molecule is COc1nn(CC(=O)Nc2ccc(CN3CCCCC3)cc2)cc1[N+](=O)[O-]. The zero-order valence-electron chi connectivity index (χ0n) is 15.3. The lowest BCUT2D eigenvalue weighted by Gasteiger charge is -2.26. The van der Waals surface area contributed by atoms with Crippen LogP contribution < -0.4 is 10.1 Å². The number of hydrogen-bond acceptors (Lipinski definition) is 6. The summed E-state index contributed by atoms with van der Waals surface area (Å²) in [6.07, 6.45) is 5.00. The molecule has 0 unspecified atom stereocenters. The minimum absolute atomic E-state index is 0.116. The predicted octanol–water partition coefficient (Wildman–Crippen LogP) is 2.42. The number of amides is 1. The van der Waals surface area contributed by atoms with Crippen LogP contribution in [0.5, 0.6) is 5.88 Å². The van der Waals surface area contributed by atoms with Crippen molar-refractivity contribution in [1.29, 1.82) is 0 Å². The van der Waals surface area contributed by atoms with Crippen LogP contribution in [-0.4, -0.2) is 45.7 Å². The number of methoxy groups -OCH3 is 1. The van der Waals surface area contributed by atoms with E-state index in [9.17, 15) is 14.9 Å². The molecule has 144 valence electrons. The molecule has 0 bridgehead atoms. The van der Waals surface area contributed by atoms with Crippen molar-refractivity contribution in [2.24, 2.45) is 0 Å². The Balaban J connectivity index is 1.55. The molecule has 1 aromatic carbocycles. The second-order valence-electron chi connectivity index (χ2n) is 6.56. The Kier molecular flexibility index (Phi) is 6.02. The molecule has 0 radical (unpaired) electrons. The third-order valence-corrected chi connectivity index (χ3v) is 4.50. The van der Waals surface area contributed by atoms with Crippen LogP contribution in [0.3, 0.4) is 0 Å². The minimum atomic E-state index is -0.596. The first-order chi connectivity index (χ1) is 13.0. The molecule has 1 aromatic heterocycles. The second kappa shape index (κ2) is 8.63. The number of hydrogen-bond donors (Lipinski definition) is 1. The Bertz CT molecular complexity index is 797. The molecule has 1 saturated heterocycles. The van der Waals surface area contributed by atoms with Gasteiger partial charge in [0.2, 0.25) is 5.91 Å². The lowest BCUT2D eigenvalue weighted by molar-refractivity contribution is -0.385. The van der Waals surface area contributed by atoms with E-state index >= 15 is 0 Å². The van der Waals surface area contributed by atoms with Gasteiger partial charge in [0.25, 0.3) is 0 Å². The minimum Gasteiger partial charge on any atom is -0.475 e. The number of benzene rings is 1. The van der Waals surface area contributed by atoms with Crippen LogP contribution in [0.25, 0.3) is 0 Å². The van der Waals surface area contributed by atoms with E-state index in [2.05, 4.69) is 15.3 Å². The summed E-state index contributed by atoms with van der Waals surface area (Å²) in [6.45, 7) is 3.06. The lowest BCUT2D eigenvalue weighted by atomic mass is 10.1. The highest BCUT2D eigenvalue weighted by molar-refractivity contribution is 5.90. The number of carbonyl (C=O) groups is 1. The summed E-state index contributed by atoms with van der Waals surface area (Å²) >= 11 is 0. The number of nitrogens with one attached hydrogen (secondary N) is 1. The number of piperidine rings is 1. The average molecular weight is 373 g/mol. The maximum Gasteiger partial charge on any atom is 0.350 e. The molecule has 3 rings (SSSR count). The number of ether oxygens (including phenoxy) is 1. The van der Waals surface area contributed by atoms with Crippen molar-refractivity contribution in [3.8, 4) is 5.88 Å². The normalized spacial score (nSPS) is 14.7. The molecule has 1 aliphatic heterocycles. The van der Waals surface area contributed by atoms with Crippen molar-refractivity contribution in [2.75, 3.05) is 25.5 Å². The molecule has 2 heterocycles. The summed E-state index contributed by atoms with van der Waals surface area (Å²) in [4.78, 5) is 24.9. The van der Waals surface area contributed by atoms with E-state index in [1.54, 1.807) is 0 Å². The van der Waals surface area contributed by atoms with Gasteiger partial charge in [-0.3, -0.25) is 24.5 Å². The molecule has 1 aliphatic rings. The van der Waals surface area contributed by atoms with E-state index in [0.717, 1.165) is 19.6 Å². The maximum absolute atomic E-state index is 12.2. The van der Waals surface area contributed by atoms with E-state index < -0.39 is 4.92 Å². The smallest absolute Gasteiger partial charge is 0.350 e. The van der Waals surface area contributed by atoms with E-state index in [0.29, 0.717) is 5.69 Å². The van der Waals surface area contributed by atoms with Gasteiger partial charge in [0.05, 0.1) is 12.0 Å². The fraction of sp³-hybridized carbons (Fsp3) is 0.444. The second-order valence-corrected chi connectivity index (χ2v) is 6.56. The van der Waals surface area contributed by atoms with Gasteiger partial charge in [-0.25, -0.2) is 0 Å². The zero-order chi connectivity index (χ0) is 19.2. The van der Waals surface area contributed by atoms with Crippen LogP contribution in [-0.2, 0) is 17.9 Å². The number of carbonyl (C=O) groups excluding carboxylic acids is 1. The van der Waals surface area contributed by atoms with Gasteiger partial charge in [-0.2, -0.15) is 0 Å². The summed E-state index contributed by atoms with van der Waals surface area (Å²) in [5.41, 5.74) is 1.62. The van der Waals surface area contributed by atoms with E-state index in [1.165, 1.54) is 42.8 Å². The summed E-state index contributed by atoms with van der Waals surface area (Å²) in [5.74, 6) is -0.436. The highest BCUT2D eigenvalue weighted by Gasteiger charge is 2.21. The Morgan fingerprint density at radius 1 is 1.26 bits per heavy atom. The number of likely N-dealkylation sites (tertiary alicyclic amines) is 1. The summed E-state index contributed by atoms with van der Waals surface area (Å²) in [6, 6.07) is 7.74. The third kappa shape index (κ3) is 5.04. The molecule has 27 heavy (non-hydrogen) atoms. The fourth-order valence-electron chi connectivity index (χ4n) is 3.16. The molecule has 1 N–H and O–H groups in total. The highest BCUT2D eigenvalue weighted by atomic mass is 16.6. The topological polar surface area (TPSA) is 103 Å². The van der Waals surface area contributed by atoms with Gasteiger partial charge in [0, 0.05) is 12.2 Å². The summed E-state index contributed by atoms with van der Waals surface area (Å²) < 4.78 is 6.04. The molecule has 9 heteroatoms. The van der Waals surface area contributed by atoms with Crippen LogP contribution in [0.1, 0.15) is 24.8 Å². The van der Waals surface area contributed by atoms with Crippen LogP contribution in [0, 0.1) is 10.1 Å². The first-order valence-electron chi connectivity index (χ1n) is 8.92. The number of nitrogens with zero attached hydrogens (tertiary/aromatic N) is 4. The van der Waals surface area contributed by atoms with E-state index in [4.69, 9.17) is 4.74 Å². The lowest BCUT2D eigenvalue weighted by Crippen LogP contribution is -2.29. The molecule has 1 fully saturated rings. The molecule has 0 saturated carbocycles. The number of nitro groups is 1. The monoisotopic (exact) mass is 373 g/mol. The molecule has 0 aliphatic carbocycles. The Hall–Kier alpha value is -2.94. The maximum atomic E-state index is 12.2. The average Bonchev–Trinajstić information content (AvgIpc) is 3.07. The van der Waals surface area contributed by atoms with E-state index in [1.807, 2.05) is 24.3 Å². The van der Waals surface area contributed by atoms with E-state index in [-0.39, 0.29) is 24.0 Å². The number of aromatic nitrogens is 2. The quantitative estimate of drug-likeness (QED) is 0.591. The van der Waals surface area contributed by atoms with Crippen LogP contribution in [0.2, 0.25) is 0 Å². The predicted molar refractivity (Wildman–Crippen MR) is 99.6 cm³/mol. The van der Waals surface area contributed by atoms with Gasteiger partial charge < -0.3 is 10.1 Å². The zero-order valence-corrected chi connectivity index (χ0v) is 15.3. The van der Waals surface area contributed by atoms with Gasteiger partial charge >= 0.3 is 11.6 Å². The molecule has 2 aromatic rings. The molecular formula is C18H23N5O4. The molecule has 9 nitrogen and oxygen atoms in total. The first-order valence-corrected chi connectivity index (χ1v) is 8.92. The number of rotatable bonds is 7. The standard InChI is InChI=1S/C18H23N5O4/c1-27-18-16(23(25)26)12-22(20-18)13-17(24)19-15-7-5-14(6-8-15)11-21-9-3-2-4-10-21/h5-8,12H,2-4,9-11,13H2,1H3,(H,19,24). The van der Waals surface area contributed by atoms with Gasteiger partial charge in [0.15, 0.2) is 0 Å². The van der Waals surface area contributed by atoms with Gasteiger partial charge in [-0.05, 0) is 43.6 Å². The molecule has 0 spiro atoms. The summed E-state index contributed by atoms with van der Waals surface area (Å²) in [7, 11) is 1.30. The first kappa shape index (κ1) is 18.8. The van der Waals surface area contributed by atoms with Gasteiger partial charge in [-0.1, -0.05) is 18.6 Å². The molecular weight excluding hydrogens is 350 g/mol. The Morgan fingerprint density at radius 3 is 2.56 bits per heavy atom. The van der Waals surface area contributed by atoms with Crippen LogP contribution in [0.4, 0.5) is 11.4 Å². The van der Waals surface area contributed by atoms with Crippen molar-refractivity contribution >= 4 is 17.3 Å². The van der Waals surface area contributed by atoms with Crippen molar-refractivity contribution in [2.45, 2.75) is 32.4 Å². The largest absolute Gasteiger partial charge is 0.475 e. The number of anilines is 1. The van der Waals surface area contributed by atoms with Crippen LogP contribution in [0.15, 0.2) is 30.5 Å². The van der Waals surface area contributed by atoms with Crippen molar-refractivity contribution < 1.29 is 14.5 Å².